The van der Waals surface area contributed by atoms with E-state index in [0.29, 0.717) is 24.3 Å². The fraction of sp³-hybridized carbons (Fsp3) is 0.500. The molecular formula is C22H33N2O2+. The molecule has 26 heavy (non-hydrogen) atoms. The van der Waals surface area contributed by atoms with Gasteiger partial charge in [0.25, 0.3) is 5.91 Å². The second kappa shape index (κ2) is 9.58. The van der Waals surface area contributed by atoms with Crippen molar-refractivity contribution in [2.24, 2.45) is 5.92 Å². The summed E-state index contributed by atoms with van der Waals surface area (Å²) in [7, 11) is 0. The Morgan fingerprint density at radius 3 is 2.46 bits per heavy atom. The SMILES string of the molecule is Cc1ccccc1C[NH+](Cc1ccc(C(=O)NCCC(C)C)o1)C(C)C. The Morgan fingerprint density at radius 1 is 1.08 bits per heavy atom. The number of hydrogen-bond acceptors (Lipinski definition) is 2. The van der Waals surface area contributed by atoms with Gasteiger partial charge in [0.1, 0.15) is 13.1 Å². The molecule has 4 heteroatoms. The molecule has 1 aromatic carbocycles. The number of aryl methyl sites for hydroxylation is 1. The van der Waals surface area contributed by atoms with Gasteiger partial charge in [0, 0.05) is 12.1 Å². The van der Waals surface area contributed by atoms with E-state index in [4.69, 9.17) is 4.42 Å². The summed E-state index contributed by atoms with van der Waals surface area (Å²) in [6, 6.07) is 12.7. The van der Waals surface area contributed by atoms with Crippen molar-refractivity contribution < 1.29 is 14.1 Å². The predicted octanol–water partition coefficient (Wildman–Crippen LogP) is 3.36. The summed E-state index contributed by atoms with van der Waals surface area (Å²) in [6.45, 7) is 13.3. The number of benzene rings is 1. The van der Waals surface area contributed by atoms with Crippen LogP contribution in [-0.4, -0.2) is 18.5 Å². The Kier molecular flexibility index (Phi) is 7.46. The zero-order chi connectivity index (χ0) is 19.1. The zero-order valence-electron chi connectivity index (χ0n) is 16.8. The van der Waals surface area contributed by atoms with Crippen molar-refractivity contribution in [1.82, 2.24) is 5.32 Å². The van der Waals surface area contributed by atoms with Crippen molar-refractivity contribution in [2.45, 2.75) is 60.2 Å². The highest BCUT2D eigenvalue weighted by molar-refractivity contribution is 5.91. The van der Waals surface area contributed by atoms with Crippen molar-refractivity contribution >= 4 is 5.91 Å². The molecule has 1 aromatic heterocycles. The third-order valence-corrected chi connectivity index (χ3v) is 4.79. The van der Waals surface area contributed by atoms with E-state index >= 15 is 0 Å². The van der Waals surface area contributed by atoms with Crippen molar-refractivity contribution in [3.63, 3.8) is 0 Å². The Balaban J connectivity index is 1.98. The van der Waals surface area contributed by atoms with Gasteiger partial charge in [-0.3, -0.25) is 4.79 Å². The van der Waals surface area contributed by atoms with Crippen molar-refractivity contribution in [3.8, 4) is 0 Å². The number of carbonyl (C=O) groups is 1. The monoisotopic (exact) mass is 357 g/mol. The minimum atomic E-state index is -0.123. The van der Waals surface area contributed by atoms with Crippen LogP contribution in [0.15, 0.2) is 40.8 Å². The minimum absolute atomic E-state index is 0.123. The van der Waals surface area contributed by atoms with E-state index < -0.39 is 0 Å². The van der Waals surface area contributed by atoms with Crippen LogP contribution in [0, 0.1) is 12.8 Å². The molecule has 0 aliphatic carbocycles. The highest BCUT2D eigenvalue weighted by atomic mass is 16.4. The fourth-order valence-corrected chi connectivity index (χ4v) is 2.90. The number of carbonyl (C=O) groups excluding carboxylic acids is 1. The maximum absolute atomic E-state index is 12.2. The van der Waals surface area contributed by atoms with E-state index in [1.54, 1.807) is 6.07 Å². The van der Waals surface area contributed by atoms with Gasteiger partial charge in [0.15, 0.2) is 11.5 Å². The van der Waals surface area contributed by atoms with E-state index in [0.717, 1.165) is 25.3 Å². The first kappa shape index (κ1) is 20.2. The van der Waals surface area contributed by atoms with Gasteiger partial charge in [0.2, 0.25) is 0 Å². The average molecular weight is 358 g/mol. The average Bonchev–Trinajstić information content (AvgIpc) is 3.04. The molecule has 0 bridgehead atoms. The van der Waals surface area contributed by atoms with Crippen LogP contribution in [-0.2, 0) is 13.1 Å². The summed E-state index contributed by atoms with van der Waals surface area (Å²) in [4.78, 5) is 13.6. The van der Waals surface area contributed by atoms with Gasteiger partial charge < -0.3 is 14.6 Å². The summed E-state index contributed by atoms with van der Waals surface area (Å²) >= 11 is 0. The molecule has 2 rings (SSSR count). The van der Waals surface area contributed by atoms with Crippen LogP contribution in [0.25, 0.3) is 0 Å². The summed E-state index contributed by atoms with van der Waals surface area (Å²) in [5.74, 6) is 1.72. The number of rotatable bonds is 9. The van der Waals surface area contributed by atoms with Crippen molar-refractivity contribution in [1.29, 1.82) is 0 Å². The largest absolute Gasteiger partial charge is 0.450 e. The number of quaternary nitrogens is 1. The Morgan fingerprint density at radius 2 is 1.81 bits per heavy atom. The first-order valence-corrected chi connectivity index (χ1v) is 9.62. The van der Waals surface area contributed by atoms with Gasteiger partial charge in [0.05, 0.1) is 6.04 Å². The lowest BCUT2D eigenvalue weighted by atomic mass is 10.1. The van der Waals surface area contributed by atoms with Crippen LogP contribution in [0.5, 0.6) is 0 Å². The van der Waals surface area contributed by atoms with Gasteiger partial charge in [-0.2, -0.15) is 0 Å². The highest BCUT2D eigenvalue weighted by Gasteiger charge is 2.19. The van der Waals surface area contributed by atoms with E-state index in [1.165, 1.54) is 16.0 Å². The molecule has 4 nitrogen and oxygen atoms in total. The molecule has 0 radical (unpaired) electrons. The molecule has 0 saturated heterocycles. The number of amides is 1. The van der Waals surface area contributed by atoms with Crippen LogP contribution in [0.1, 0.15) is 61.6 Å². The van der Waals surface area contributed by atoms with Crippen LogP contribution in [0.2, 0.25) is 0 Å². The molecule has 2 aromatic rings. The first-order valence-electron chi connectivity index (χ1n) is 9.62. The number of nitrogens with one attached hydrogen (secondary N) is 2. The standard InChI is InChI=1S/C22H32N2O2/c1-16(2)12-13-23-22(25)21-11-10-20(26-21)15-24(17(3)4)14-19-9-7-6-8-18(19)5/h6-11,16-17H,12-15H2,1-5H3,(H,23,25)/p+1. The fourth-order valence-electron chi connectivity index (χ4n) is 2.90. The second-order valence-electron chi connectivity index (χ2n) is 7.80. The zero-order valence-corrected chi connectivity index (χ0v) is 16.8. The Labute approximate surface area is 157 Å². The van der Waals surface area contributed by atoms with Gasteiger partial charge >= 0.3 is 0 Å². The van der Waals surface area contributed by atoms with E-state index in [-0.39, 0.29) is 5.91 Å². The molecule has 0 aliphatic heterocycles. The molecule has 2 N–H and O–H groups in total. The van der Waals surface area contributed by atoms with E-state index in [9.17, 15) is 4.79 Å². The number of furan rings is 1. The van der Waals surface area contributed by atoms with Gasteiger partial charge in [-0.1, -0.05) is 38.1 Å². The van der Waals surface area contributed by atoms with Crippen LogP contribution in [0.4, 0.5) is 0 Å². The summed E-state index contributed by atoms with van der Waals surface area (Å²) in [6.07, 6.45) is 0.973. The molecule has 1 amide bonds. The Hall–Kier alpha value is -2.07. The quantitative estimate of drug-likeness (QED) is 0.723. The van der Waals surface area contributed by atoms with E-state index in [1.807, 2.05) is 6.07 Å². The van der Waals surface area contributed by atoms with Crippen LogP contribution < -0.4 is 10.2 Å². The molecule has 0 fully saturated rings. The van der Waals surface area contributed by atoms with E-state index in [2.05, 4.69) is 64.2 Å². The lowest BCUT2D eigenvalue weighted by Gasteiger charge is -2.23. The summed E-state index contributed by atoms with van der Waals surface area (Å²) < 4.78 is 5.82. The molecule has 1 heterocycles. The third-order valence-electron chi connectivity index (χ3n) is 4.79. The summed E-state index contributed by atoms with van der Waals surface area (Å²) in [5.41, 5.74) is 2.67. The summed E-state index contributed by atoms with van der Waals surface area (Å²) in [5, 5.41) is 2.93. The first-order chi connectivity index (χ1) is 12.4. The number of hydrogen-bond donors (Lipinski definition) is 2. The van der Waals surface area contributed by atoms with Crippen LogP contribution in [0.3, 0.4) is 0 Å². The predicted molar refractivity (Wildman–Crippen MR) is 105 cm³/mol. The normalized spacial score (nSPS) is 12.6. The van der Waals surface area contributed by atoms with Gasteiger partial charge in [-0.25, -0.2) is 0 Å². The molecular weight excluding hydrogens is 324 g/mol. The Bertz CT molecular complexity index is 704. The lowest BCUT2D eigenvalue weighted by Crippen LogP contribution is -3.12. The maximum Gasteiger partial charge on any atom is 0.287 e. The van der Waals surface area contributed by atoms with Crippen LogP contribution >= 0.6 is 0 Å². The third kappa shape index (κ3) is 6.03. The van der Waals surface area contributed by atoms with Gasteiger partial charge in [-0.15, -0.1) is 0 Å². The van der Waals surface area contributed by atoms with Crippen molar-refractivity contribution in [2.75, 3.05) is 6.54 Å². The highest BCUT2D eigenvalue weighted by Crippen LogP contribution is 2.09. The topological polar surface area (TPSA) is 46.7 Å². The molecule has 1 unspecified atom stereocenters. The van der Waals surface area contributed by atoms with Gasteiger partial charge in [-0.05, 0) is 50.8 Å². The molecule has 0 aliphatic rings. The second-order valence-corrected chi connectivity index (χ2v) is 7.80. The molecule has 0 saturated carbocycles. The molecule has 0 spiro atoms. The minimum Gasteiger partial charge on any atom is -0.450 e. The maximum atomic E-state index is 12.2. The molecule has 142 valence electrons. The lowest BCUT2D eigenvalue weighted by molar-refractivity contribution is -0.949. The van der Waals surface area contributed by atoms with Crippen molar-refractivity contribution in [3.05, 3.63) is 59.0 Å². The molecule has 1 atom stereocenters. The smallest absolute Gasteiger partial charge is 0.287 e.